The molecule has 5 rings (SSSR count). The van der Waals surface area contributed by atoms with E-state index in [4.69, 9.17) is 11.6 Å². The normalized spacial score (nSPS) is 20.1. The molecule has 1 atom stereocenters. The van der Waals surface area contributed by atoms with E-state index in [1.165, 1.54) is 28.6 Å². The number of alkyl halides is 3. The van der Waals surface area contributed by atoms with Gasteiger partial charge in [-0.15, -0.1) is 0 Å². The summed E-state index contributed by atoms with van der Waals surface area (Å²) in [4.78, 5) is 18.8. The van der Waals surface area contributed by atoms with E-state index < -0.39 is 17.8 Å². The molecular formula is C23H18ClF3N4O2S. The van der Waals surface area contributed by atoms with Gasteiger partial charge >= 0.3 is 6.18 Å². The van der Waals surface area contributed by atoms with Crippen molar-refractivity contribution in [3.8, 4) is 0 Å². The molecule has 2 aliphatic rings. The molecule has 34 heavy (non-hydrogen) atoms. The van der Waals surface area contributed by atoms with Crippen molar-refractivity contribution in [2.45, 2.75) is 25.2 Å². The highest BCUT2D eigenvalue weighted by Gasteiger charge is 2.34. The number of nitrogens with zero attached hydrogens (tertiary/aromatic N) is 4. The molecule has 0 saturated carbocycles. The van der Waals surface area contributed by atoms with Gasteiger partial charge in [-0.3, -0.25) is 9.48 Å². The third-order valence-electron chi connectivity index (χ3n) is 5.70. The number of thioether (sulfide) groups is 1. The van der Waals surface area contributed by atoms with Gasteiger partial charge in [0.2, 0.25) is 0 Å². The Bertz CT molecular complexity index is 1350. The van der Waals surface area contributed by atoms with Crippen LogP contribution in [0.5, 0.6) is 0 Å². The number of aliphatic hydroxyl groups excluding tert-OH is 1. The van der Waals surface area contributed by atoms with Crippen molar-refractivity contribution >= 4 is 51.4 Å². The van der Waals surface area contributed by atoms with Crippen LogP contribution in [-0.2, 0) is 17.5 Å². The lowest BCUT2D eigenvalue weighted by molar-refractivity contribution is -0.138. The number of halogens is 4. The molecule has 2 aliphatic heterocycles. The Kier molecular flexibility index (Phi) is 5.91. The van der Waals surface area contributed by atoms with Crippen LogP contribution in [0.1, 0.15) is 23.1 Å². The van der Waals surface area contributed by atoms with Crippen LogP contribution in [0.4, 0.5) is 13.2 Å². The largest absolute Gasteiger partial charge is 0.416 e. The number of carbonyl (C=O) groups is 1. The predicted molar refractivity (Wildman–Crippen MR) is 125 cm³/mol. The second kappa shape index (κ2) is 8.75. The maximum absolute atomic E-state index is 13.4. The number of fused-ring (bicyclic) bond motifs is 1. The third kappa shape index (κ3) is 4.57. The van der Waals surface area contributed by atoms with E-state index in [-0.39, 0.29) is 23.0 Å². The molecule has 0 aliphatic carbocycles. The van der Waals surface area contributed by atoms with Gasteiger partial charge in [-0.05, 0) is 59.7 Å². The average molecular weight is 507 g/mol. The van der Waals surface area contributed by atoms with Crippen LogP contribution in [0.15, 0.2) is 52.5 Å². The second-order valence-electron chi connectivity index (χ2n) is 8.12. The van der Waals surface area contributed by atoms with E-state index in [2.05, 4.69) is 10.1 Å². The van der Waals surface area contributed by atoms with Crippen molar-refractivity contribution in [2.24, 2.45) is 4.99 Å². The SMILES string of the molecule is O=C1N=C(N2CCC(O)C2)SC1=Cc1ccc2c(cnn2Cc2ccc(Cl)cc2C(F)(F)F)c1. The Morgan fingerprint density at radius 2 is 2.06 bits per heavy atom. The molecule has 1 fully saturated rings. The standard InChI is InChI=1S/C23H18ClF3N4O2S/c24-16-3-2-14(18(9-16)23(25,26)27)11-31-19-4-1-13(7-15(19)10-28-31)8-20-21(33)29-22(34-20)30-6-5-17(32)12-30/h1-4,7-10,17,32H,5-6,11-12H2. The Labute approximate surface area is 201 Å². The van der Waals surface area contributed by atoms with Gasteiger partial charge in [0.05, 0.1) is 34.8 Å². The summed E-state index contributed by atoms with van der Waals surface area (Å²) in [7, 11) is 0. The molecule has 1 aromatic heterocycles. The van der Waals surface area contributed by atoms with E-state index in [1.54, 1.807) is 24.4 Å². The maximum Gasteiger partial charge on any atom is 0.416 e. The van der Waals surface area contributed by atoms with Crippen LogP contribution >= 0.6 is 23.4 Å². The minimum Gasteiger partial charge on any atom is -0.391 e. The number of amides is 1. The van der Waals surface area contributed by atoms with E-state index in [9.17, 15) is 23.1 Å². The quantitative estimate of drug-likeness (QED) is 0.517. The Hall–Kier alpha value is -2.82. The fraction of sp³-hybridized carbons (Fsp3) is 0.261. The summed E-state index contributed by atoms with van der Waals surface area (Å²) in [6, 6.07) is 9.08. The number of carbonyl (C=O) groups excluding carboxylic acids is 1. The zero-order chi connectivity index (χ0) is 24.0. The molecule has 0 bridgehead atoms. The molecule has 3 aromatic rings. The molecule has 1 unspecified atom stereocenters. The summed E-state index contributed by atoms with van der Waals surface area (Å²) in [5.41, 5.74) is 0.697. The smallest absolute Gasteiger partial charge is 0.391 e. The number of amidine groups is 1. The summed E-state index contributed by atoms with van der Waals surface area (Å²) in [6.45, 7) is 1.05. The monoisotopic (exact) mass is 506 g/mol. The van der Waals surface area contributed by atoms with Crippen molar-refractivity contribution < 1.29 is 23.1 Å². The predicted octanol–water partition coefficient (Wildman–Crippen LogP) is 4.79. The number of hydrogen-bond donors (Lipinski definition) is 1. The van der Waals surface area contributed by atoms with Gasteiger partial charge in [0.25, 0.3) is 5.91 Å². The molecule has 0 spiro atoms. The molecule has 176 valence electrons. The summed E-state index contributed by atoms with van der Waals surface area (Å²) >= 11 is 7.04. The Morgan fingerprint density at radius 1 is 1.24 bits per heavy atom. The third-order valence-corrected chi connectivity index (χ3v) is 6.98. The van der Waals surface area contributed by atoms with Gasteiger partial charge in [0.1, 0.15) is 0 Å². The minimum atomic E-state index is -4.53. The lowest BCUT2D eigenvalue weighted by Crippen LogP contribution is -2.26. The molecular weight excluding hydrogens is 489 g/mol. The van der Waals surface area contributed by atoms with E-state index in [1.807, 2.05) is 11.0 Å². The van der Waals surface area contributed by atoms with Gasteiger partial charge in [-0.2, -0.15) is 23.3 Å². The molecule has 1 amide bonds. The fourth-order valence-corrected chi connectivity index (χ4v) is 5.15. The Morgan fingerprint density at radius 3 is 2.79 bits per heavy atom. The number of benzene rings is 2. The number of β-amino-alcohol motifs (C(OH)–C–C–N with tert-alkyl or cyclic N) is 1. The number of aromatic nitrogens is 2. The van der Waals surface area contributed by atoms with E-state index >= 15 is 0 Å². The lowest BCUT2D eigenvalue weighted by Gasteiger charge is -2.15. The number of likely N-dealkylation sites (tertiary alicyclic amines) is 1. The molecule has 0 radical (unpaired) electrons. The number of aliphatic imine (C=N–C) groups is 1. The lowest BCUT2D eigenvalue weighted by atomic mass is 10.1. The first-order chi connectivity index (χ1) is 16.2. The summed E-state index contributed by atoms with van der Waals surface area (Å²) in [5.74, 6) is -0.334. The van der Waals surface area contributed by atoms with E-state index in [0.29, 0.717) is 35.1 Å². The van der Waals surface area contributed by atoms with Crippen LogP contribution in [0.2, 0.25) is 5.02 Å². The highest BCUT2D eigenvalue weighted by atomic mass is 35.5. The second-order valence-corrected chi connectivity index (χ2v) is 9.56. The number of aliphatic hydroxyl groups is 1. The highest BCUT2D eigenvalue weighted by Crippen LogP contribution is 2.35. The first kappa shape index (κ1) is 22.9. The average Bonchev–Trinajstić information content (AvgIpc) is 3.48. The highest BCUT2D eigenvalue weighted by molar-refractivity contribution is 8.18. The number of rotatable bonds is 3. The van der Waals surface area contributed by atoms with Gasteiger partial charge in [-0.25, -0.2) is 0 Å². The van der Waals surface area contributed by atoms with Crippen LogP contribution in [-0.4, -0.2) is 50.1 Å². The molecule has 6 nitrogen and oxygen atoms in total. The van der Waals surface area contributed by atoms with Crippen LogP contribution < -0.4 is 0 Å². The first-order valence-corrected chi connectivity index (χ1v) is 11.6. The summed E-state index contributed by atoms with van der Waals surface area (Å²) < 4.78 is 41.8. The molecule has 1 N–H and O–H groups in total. The maximum atomic E-state index is 13.4. The van der Waals surface area contributed by atoms with Crippen LogP contribution in [0.25, 0.3) is 17.0 Å². The van der Waals surface area contributed by atoms with Crippen molar-refractivity contribution in [3.63, 3.8) is 0 Å². The fourth-order valence-electron chi connectivity index (χ4n) is 4.03. The summed E-state index contributed by atoms with van der Waals surface area (Å²) in [5, 5.41) is 15.3. The summed E-state index contributed by atoms with van der Waals surface area (Å²) in [6.07, 6.45) is -0.980. The van der Waals surface area contributed by atoms with E-state index in [0.717, 1.165) is 17.0 Å². The Balaban J connectivity index is 1.38. The van der Waals surface area contributed by atoms with Gasteiger partial charge < -0.3 is 10.0 Å². The first-order valence-electron chi connectivity index (χ1n) is 10.4. The van der Waals surface area contributed by atoms with Gasteiger partial charge in [0, 0.05) is 23.5 Å². The van der Waals surface area contributed by atoms with Crippen molar-refractivity contribution in [1.82, 2.24) is 14.7 Å². The van der Waals surface area contributed by atoms with Crippen molar-refractivity contribution in [1.29, 1.82) is 0 Å². The van der Waals surface area contributed by atoms with Crippen molar-refractivity contribution in [3.05, 3.63) is 69.2 Å². The zero-order valence-electron chi connectivity index (χ0n) is 17.6. The molecule has 11 heteroatoms. The van der Waals surface area contributed by atoms with Gasteiger partial charge in [-0.1, -0.05) is 23.7 Å². The van der Waals surface area contributed by atoms with Crippen LogP contribution in [0, 0.1) is 0 Å². The van der Waals surface area contributed by atoms with Crippen molar-refractivity contribution in [2.75, 3.05) is 13.1 Å². The number of hydrogen-bond acceptors (Lipinski definition) is 5. The van der Waals surface area contributed by atoms with Gasteiger partial charge in [0.15, 0.2) is 5.17 Å². The molecule has 1 saturated heterocycles. The molecule has 3 heterocycles. The molecule has 2 aromatic carbocycles. The minimum absolute atomic E-state index is 0.0199. The zero-order valence-corrected chi connectivity index (χ0v) is 19.2. The topological polar surface area (TPSA) is 70.7 Å². The van der Waals surface area contributed by atoms with Crippen LogP contribution in [0.3, 0.4) is 0 Å².